The van der Waals surface area contributed by atoms with Crippen LogP contribution >= 0.6 is 0 Å². The van der Waals surface area contributed by atoms with E-state index in [-0.39, 0.29) is 0 Å². The molecule has 0 aliphatic heterocycles. The molecular weight excluding hydrogens is 196 g/mol. The molecular formula is C9H12N4O2. The first-order valence-corrected chi connectivity index (χ1v) is 4.72. The van der Waals surface area contributed by atoms with Crippen molar-refractivity contribution in [1.82, 2.24) is 19.1 Å². The number of nitrogens with one attached hydrogen (secondary N) is 1. The molecule has 0 aliphatic rings. The Morgan fingerprint density at radius 3 is 2.67 bits per heavy atom. The van der Waals surface area contributed by atoms with Crippen LogP contribution in [-0.4, -0.2) is 19.1 Å². The molecule has 0 saturated carbocycles. The number of rotatable bonds is 1. The number of nitrogens with zero attached hydrogens (tertiary/aromatic N) is 3. The Labute approximate surface area is 85.2 Å². The minimum absolute atomic E-state index is 0.316. The molecule has 0 unspecified atom stereocenters. The van der Waals surface area contributed by atoms with Crippen LogP contribution < -0.4 is 11.2 Å². The first-order valence-electron chi connectivity index (χ1n) is 4.72. The molecule has 0 bridgehead atoms. The van der Waals surface area contributed by atoms with Gasteiger partial charge in [-0.25, -0.2) is 9.78 Å². The van der Waals surface area contributed by atoms with Gasteiger partial charge in [-0.15, -0.1) is 0 Å². The Morgan fingerprint density at radius 2 is 2.07 bits per heavy atom. The summed E-state index contributed by atoms with van der Waals surface area (Å²) in [6.45, 7) is 4.44. The van der Waals surface area contributed by atoms with E-state index in [2.05, 4.69) is 9.97 Å². The lowest BCUT2D eigenvalue weighted by Crippen LogP contribution is -2.29. The Hall–Kier alpha value is -1.85. The van der Waals surface area contributed by atoms with Crippen LogP contribution in [-0.2, 0) is 13.6 Å². The molecule has 0 fully saturated rings. The Balaban J connectivity index is 3.11. The monoisotopic (exact) mass is 208 g/mol. The van der Waals surface area contributed by atoms with Gasteiger partial charge in [0.25, 0.3) is 5.56 Å². The Kier molecular flexibility index (Phi) is 1.99. The van der Waals surface area contributed by atoms with Gasteiger partial charge in [0, 0.05) is 13.6 Å². The quantitative estimate of drug-likeness (QED) is 0.702. The minimum Gasteiger partial charge on any atom is -0.314 e. The summed E-state index contributed by atoms with van der Waals surface area (Å²) in [6.07, 6.45) is 0. The highest BCUT2D eigenvalue weighted by atomic mass is 16.2. The number of aromatic nitrogens is 4. The standard InChI is InChI=1S/C9H12N4O2/c1-4-13-5(2)10-6-7(14)11-9(15)12(3)8(6)13/h4H2,1-3H3,(H,11,14,15). The van der Waals surface area contributed by atoms with Crippen molar-refractivity contribution in [2.45, 2.75) is 20.4 Å². The van der Waals surface area contributed by atoms with Crippen molar-refractivity contribution in [2.75, 3.05) is 0 Å². The summed E-state index contributed by atoms with van der Waals surface area (Å²) in [4.78, 5) is 29.3. The smallest absolute Gasteiger partial charge is 0.314 e. The van der Waals surface area contributed by atoms with Gasteiger partial charge in [-0.3, -0.25) is 14.3 Å². The topological polar surface area (TPSA) is 72.7 Å². The summed E-state index contributed by atoms with van der Waals surface area (Å²) in [5, 5.41) is 0. The van der Waals surface area contributed by atoms with Crippen molar-refractivity contribution in [3.05, 3.63) is 26.7 Å². The van der Waals surface area contributed by atoms with Crippen LogP contribution in [0.4, 0.5) is 0 Å². The van der Waals surface area contributed by atoms with Crippen molar-refractivity contribution in [3.8, 4) is 0 Å². The van der Waals surface area contributed by atoms with Crippen molar-refractivity contribution in [2.24, 2.45) is 7.05 Å². The summed E-state index contributed by atoms with van der Waals surface area (Å²) >= 11 is 0. The first-order chi connectivity index (χ1) is 7.06. The normalized spacial score (nSPS) is 11.1. The SMILES string of the molecule is CCn1c(C)nc2c(=O)[nH]c(=O)n(C)c21. The van der Waals surface area contributed by atoms with Crippen molar-refractivity contribution < 1.29 is 0 Å². The van der Waals surface area contributed by atoms with Gasteiger partial charge in [0.15, 0.2) is 5.52 Å². The molecule has 2 rings (SSSR count). The first kappa shape index (κ1) is 9.70. The Morgan fingerprint density at radius 1 is 1.40 bits per heavy atom. The number of imidazole rings is 1. The number of hydrogen-bond donors (Lipinski definition) is 1. The van der Waals surface area contributed by atoms with Gasteiger partial charge in [0.05, 0.1) is 0 Å². The molecule has 80 valence electrons. The van der Waals surface area contributed by atoms with Crippen LogP contribution in [0.3, 0.4) is 0 Å². The fourth-order valence-corrected chi connectivity index (χ4v) is 1.76. The van der Waals surface area contributed by atoms with Gasteiger partial charge in [0.1, 0.15) is 11.5 Å². The molecule has 2 heterocycles. The van der Waals surface area contributed by atoms with Crippen LogP contribution in [0.1, 0.15) is 12.7 Å². The summed E-state index contributed by atoms with van der Waals surface area (Å²) in [5.41, 5.74) is 0.0469. The van der Waals surface area contributed by atoms with Crippen LogP contribution in [0.15, 0.2) is 9.59 Å². The van der Waals surface area contributed by atoms with Gasteiger partial charge < -0.3 is 4.57 Å². The van der Waals surface area contributed by atoms with E-state index in [1.54, 1.807) is 7.05 Å². The molecule has 0 aromatic carbocycles. The van der Waals surface area contributed by atoms with Gasteiger partial charge in [-0.1, -0.05) is 0 Å². The van der Waals surface area contributed by atoms with Gasteiger partial charge in [-0.2, -0.15) is 0 Å². The molecule has 0 spiro atoms. The molecule has 0 radical (unpaired) electrons. The second kappa shape index (κ2) is 3.08. The molecule has 0 aliphatic carbocycles. The van der Waals surface area contributed by atoms with Crippen molar-refractivity contribution >= 4 is 11.2 Å². The third-order valence-corrected chi connectivity index (χ3v) is 2.51. The van der Waals surface area contributed by atoms with E-state index in [0.29, 0.717) is 17.7 Å². The molecule has 0 atom stereocenters. The van der Waals surface area contributed by atoms with Crippen LogP contribution in [0, 0.1) is 6.92 Å². The highest BCUT2D eigenvalue weighted by Gasteiger charge is 2.12. The highest BCUT2D eigenvalue weighted by Crippen LogP contribution is 2.09. The molecule has 6 heteroatoms. The second-order valence-electron chi connectivity index (χ2n) is 3.39. The second-order valence-corrected chi connectivity index (χ2v) is 3.39. The van der Waals surface area contributed by atoms with E-state index < -0.39 is 11.2 Å². The number of H-pyrrole nitrogens is 1. The van der Waals surface area contributed by atoms with E-state index in [4.69, 9.17) is 0 Å². The van der Waals surface area contributed by atoms with Gasteiger partial charge in [0.2, 0.25) is 0 Å². The van der Waals surface area contributed by atoms with E-state index in [0.717, 1.165) is 5.82 Å². The van der Waals surface area contributed by atoms with E-state index >= 15 is 0 Å². The maximum Gasteiger partial charge on any atom is 0.329 e. The maximum atomic E-state index is 11.5. The van der Waals surface area contributed by atoms with Crippen LogP contribution in [0.25, 0.3) is 11.2 Å². The van der Waals surface area contributed by atoms with Gasteiger partial charge >= 0.3 is 5.69 Å². The van der Waals surface area contributed by atoms with Gasteiger partial charge in [-0.05, 0) is 13.8 Å². The zero-order valence-electron chi connectivity index (χ0n) is 8.87. The number of hydrogen-bond acceptors (Lipinski definition) is 3. The largest absolute Gasteiger partial charge is 0.329 e. The van der Waals surface area contributed by atoms with Crippen LogP contribution in [0.5, 0.6) is 0 Å². The number of aromatic amines is 1. The predicted octanol–water partition coefficient (Wildman–Crippen LogP) is -0.248. The van der Waals surface area contributed by atoms with Crippen LogP contribution in [0.2, 0.25) is 0 Å². The summed E-state index contributed by atoms with van der Waals surface area (Å²) in [6, 6.07) is 0. The fraction of sp³-hybridized carbons (Fsp3) is 0.444. The predicted molar refractivity (Wildman–Crippen MR) is 56.0 cm³/mol. The third-order valence-electron chi connectivity index (χ3n) is 2.51. The zero-order chi connectivity index (χ0) is 11.2. The molecule has 1 N–H and O–H groups in total. The Bertz CT molecular complexity index is 632. The van der Waals surface area contributed by atoms with E-state index in [1.165, 1.54) is 4.57 Å². The molecule has 6 nitrogen and oxygen atoms in total. The minimum atomic E-state index is -0.427. The molecule has 2 aromatic heterocycles. The maximum absolute atomic E-state index is 11.5. The lowest BCUT2D eigenvalue weighted by atomic mass is 10.5. The van der Waals surface area contributed by atoms with E-state index in [1.807, 2.05) is 18.4 Å². The van der Waals surface area contributed by atoms with Crippen molar-refractivity contribution in [1.29, 1.82) is 0 Å². The lowest BCUT2D eigenvalue weighted by molar-refractivity contribution is 0.711. The molecule has 2 aromatic rings. The summed E-state index contributed by atoms with van der Waals surface area (Å²) in [7, 11) is 1.62. The fourth-order valence-electron chi connectivity index (χ4n) is 1.76. The third kappa shape index (κ3) is 1.21. The summed E-state index contributed by atoms with van der Waals surface area (Å²) < 4.78 is 3.24. The summed E-state index contributed by atoms with van der Waals surface area (Å²) in [5.74, 6) is 0.735. The van der Waals surface area contributed by atoms with E-state index in [9.17, 15) is 9.59 Å². The zero-order valence-corrected chi connectivity index (χ0v) is 8.87. The highest BCUT2D eigenvalue weighted by molar-refractivity contribution is 5.70. The average molecular weight is 208 g/mol. The molecule has 0 amide bonds. The number of fused-ring (bicyclic) bond motifs is 1. The lowest BCUT2D eigenvalue weighted by Gasteiger charge is -2.04. The average Bonchev–Trinajstić information content (AvgIpc) is 2.52. The van der Waals surface area contributed by atoms with Crippen molar-refractivity contribution in [3.63, 3.8) is 0 Å². The molecule has 0 saturated heterocycles. The number of aryl methyl sites for hydroxylation is 3. The molecule has 15 heavy (non-hydrogen) atoms.